The molecular formula is C25H27Cl2NO5. The summed E-state index contributed by atoms with van der Waals surface area (Å²) in [6.07, 6.45) is 0. The zero-order valence-electron chi connectivity index (χ0n) is 19.0. The first kappa shape index (κ1) is 25.1. The van der Waals surface area contributed by atoms with Crippen LogP contribution in [0.1, 0.15) is 36.6 Å². The third-order valence-electron chi connectivity index (χ3n) is 5.37. The van der Waals surface area contributed by atoms with Crippen LogP contribution in [0.2, 0.25) is 10.0 Å². The Bertz CT molecular complexity index is 1100. The number of hydrogen-bond donors (Lipinski definition) is 1. The molecule has 8 heteroatoms. The number of nitrogens with zero attached hydrogens (tertiary/aromatic N) is 1. The minimum atomic E-state index is -0.828. The fourth-order valence-electron chi connectivity index (χ4n) is 3.73. The average molecular weight is 492 g/mol. The van der Waals surface area contributed by atoms with Crippen molar-refractivity contribution >= 4 is 40.7 Å². The summed E-state index contributed by atoms with van der Waals surface area (Å²) in [4.78, 5) is 27.3. The van der Waals surface area contributed by atoms with Crippen LogP contribution in [0.15, 0.2) is 42.0 Å². The highest BCUT2D eigenvalue weighted by Gasteiger charge is 2.46. The first-order chi connectivity index (χ1) is 15.6. The van der Waals surface area contributed by atoms with Gasteiger partial charge in [-0.2, -0.15) is 0 Å². The number of ketones is 1. The van der Waals surface area contributed by atoms with Crippen LogP contribution in [-0.2, 0) is 14.3 Å². The molecule has 0 aliphatic carbocycles. The van der Waals surface area contributed by atoms with Gasteiger partial charge in [0.25, 0.3) is 11.7 Å². The minimum Gasteiger partial charge on any atom is -0.507 e. The number of benzene rings is 2. The molecule has 0 bridgehead atoms. The van der Waals surface area contributed by atoms with Crippen molar-refractivity contribution < 1.29 is 24.2 Å². The van der Waals surface area contributed by atoms with Crippen LogP contribution < -0.4 is 4.74 Å². The zero-order valence-corrected chi connectivity index (χ0v) is 20.5. The van der Waals surface area contributed by atoms with Crippen molar-refractivity contribution in [2.24, 2.45) is 5.92 Å². The Kier molecular flexibility index (Phi) is 8.05. The first-order valence-electron chi connectivity index (χ1n) is 10.6. The van der Waals surface area contributed by atoms with Gasteiger partial charge in [-0.3, -0.25) is 9.59 Å². The Morgan fingerprint density at radius 2 is 1.85 bits per heavy atom. The molecule has 0 spiro atoms. The number of carbonyl (C=O) groups excluding carboxylic acids is 2. The van der Waals surface area contributed by atoms with Gasteiger partial charge in [0.05, 0.1) is 34.9 Å². The SMILES string of the molecule is COCCN1C(=O)C(=O)/C(=C(/O)c2ccc(OCC(C)C)cc2C)[C@@H]1c1ccc(Cl)c(Cl)c1. The number of halogens is 2. The molecule has 1 heterocycles. The lowest BCUT2D eigenvalue weighted by molar-refractivity contribution is -0.140. The second kappa shape index (κ2) is 10.6. The molecule has 1 fully saturated rings. The van der Waals surface area contributed by atoms with E-state index in [0.29, 0.717) is 40.0 Å². The van der Waals surface area contributed by atoms with Gasteiger partial charge in [-0.1, -0.05) is 43.1 Å². The second-order valence-electron chi connectivity index (χ2n) is 8.34. The molecule has 0 aromatic heterocycles. The Hall–Kier alpha value is -2.54. The van der Waals surface area contributed by atoms with Crippen molar-refractivity contribution in [3.05, 3.63) is 68.7 Å². The molecule has 176 valence electrons. The molecule has 2 aromatic carbocycles. The van der Waals surface area contributed by atoms with E-state index in [0.717, 1.165) is 0 Å². The summed E-state index contributed by atoms with van der Waals surface area (Å²) < 4.78 is 10.9. The second-order valence-corrected chi connectivity index (χ2v) is 9.15. The van der Waals surface area contributed by atoms with Gasteiger partial charge >= 0.3 is 0 Å². The molecule has 3 rings (SSSR count). The summed E-state index contributed by atoms with van der Waals surface area (Å²) in [5.41, 5.74) is 1.72. The Balaban J connectivity index is 2.11. The number of aryl methyl sites for hydroxylation is 1. The number of rotatable bonds is 8. The molecule has 1 N–H and O–H groups in total. The summed E-state index contributed by atoms with van der Waals surface area (Å²) in [7, 11) is 1.51. The number of hydrogen-bond acceptors (Lipinski definition) is 5. The van der Waals surface area contributed by atoms with E-state index >= 15 is 0 Å². The van der Waals surface area contributed by atoms with Gasteiger partial charge in [-0.25, -0.2) is 0 Å². The Morgan fingerprint density at radius 3 is 2.45 bits per heavy atom. The van der Waals surface area contributed by atoms with Gasteiger partial charge in [-0.05, 0) is 54.3 Å². The molecule has 33 heavy (non-hydrogen) atoms. The van der Waals surface area contributed by atoms with Crippen molar-refractivity contribution in [1.29, 1.82) is 0 Å². The van der Waals surface area contributed by atoms with E-state index in [1.54, 1.807) is 36.4 Å². The molecular weight excluding hydrogens is 465 g/mol. The summed E-state index contributed by atoms with van der Waals surface area (Å²) in [6.45, 7) is 6.88. The lowest BCUT2D eigenvalue weighted by Crippen LogP contribution is -2.32. The van der Waals surface area contributed by atoms with Crippen molar-refractivity contribution in [2.45, 2.75) is 26.8 Å². The number of aliphatic hydroxyl groups is 1. The molecule has 1 saturated heterocycles. The third kappa shape index (κ3) is 5.35. The van der Waals surface area contributed by atoms with Crippen molar-refractivity contribution in [2.75, 3.05) is 26.9 Å². The largest absolute Gasteiger partial charge is 0.507 e. The van der Waals surface area contributed by atoms with Gasteiger partial charge in [0.1, 0.15) is 11.5 Å². The standard InChI is InChI=1S/C25H27Cl2NO5/c1-14(2)13-33-17-6-7-18(15(3)11-17)23(29)21-22(16-5-8-19(26)20(27)12-16)28(9-10-32-4)25(31)24(21)30/h5-8,11-12,14,22,29H,9-10,13H2,1-4H3/b23-21+/t22-/m0/s1. The summed E-state index contributed by atoms with van der Waals surface area (Å²) in [5, 5.41) is 11.9. The predicted molar refractivity (Wildman–Crippen MR) is 129 cm³/mol. The summed E-state index contributed by atoms with van der Waals surface area (Å²) in [6, 6.07) is 9.28. The Labute approximate surface area is 203 Å². The fraction of sp³-hybridized carbons (Fsp3) is 0.360. The van der Waals surface area contributed by atoms with Gasteiger partial charge in [-0.15, -0.1) is 0 Å². The highest BCUT2D eigenvalue weighted by atomic mass is 35.5. The van der Waals surface area contributed by atoms with Gasteiger partial charge in [0.2, 0.25) is 0 Å². The van der Waals surface area contributed by atoms with Crippen LogP contribution in [0, 0.1) is 12.8 Å². The van der Waals surface area contributed by atoms with Crippen LogP contribution in [0.25, 0.3) is 5.76 Å². The summed E-state index contributed by atoms with van der Waals surface area (Å²) >= 11 is 12.3. The smallest absolute Gasteiger partial charge is 0.295 e. The lowest BCUT2D eigenvalue weighted by atomic mass is 9.94. The predicted octanol–water partition coefficient (Wildman–Crippen LogP) is 5.40. The minimum absolute atomic E-state index is 0.00607. The van der Waals surface area contributed by atoms with Crippen LogP contribution in [0.3, 0.4) is 0 Å². The maximum atomic E-state index is 13.1. The maximum Gasteiger partial charge on any atom is 0.295 e. The topological polar surface area (TPSA) is 76.1 Å². The number of aliphatic hydroxyl groups excluding tert-OH is 1. The van der Waals surface area contributed by atoms with Crippen LogP contribution in [0.4, 0.5) is 0 Å². The number of amides is 1. The summed E-state index contributed by atoms with van der Waals surface area (Å²) in [5.74, 6) is -0.692. The van der Waals surface area contributed by atoms with E-state index in [9.17, 15) is 14.7 Å². The highest BCUT2D eigenvalue weighted by molar-refractivity contribution is 6.47. The molecule has 6 nitrogen and oxygen atoms in total. The van der Waals surface area contributed by atoms with Gasteiger partial charge in [0.15, 0.2) is 0 Å². The van der Waals surface area contributed by atoms with Crippen molar-refractivity contribution in [1.82, 2.24) is 4.90 Å². The number of carbonyl (C=O) groups is 2. The van der Waals surface area contributed by atoms with Crippen LogP contribution in [0.5, 0.6) is 5.75 Å². The lowest BCUT2D eigenvalue weighted by Gasteiger charge is -2.25. The fourth-order valence-corrected chi connectivity index (χ4v) is 4.04. The zero-order chi connectivity index (χ0) is 24.3. The number of methoxy groups -OCH3 is 1. The molecule has 1 atom stereocenters. The van der Waals surface area contributed by atoms with E-state index in [-0.39, 0.29) is 29.5 Å². The molecule has 0 radical (unpaired) electrons. The van der Waals surface area contributed by atoms with Crippen LogP contribution in [-0.4, -0.2) is 48.6 Å². The van der Waals surface area contributed by atoms with Gasteiger partial charge < -0.3 is 19.5 Å². The molecule has 1 aliphatic heterocycles. The highest BCUT2D eigenvalue weighted by Crippen LogP contribution is 2.41. The average Bonchev–Trinajstić information content (AvgIpc) is 3.02. The van der Waals surface area contributed by atoms with Crippen LogP contribution >= 0.6 is 23.2 Å². The molecule has 0 unspecified atom stereocenters. The quantitative estimate of drug-likeness (QED) is 0.303. The van der Waals surface area contributed by atoms with Crippen molar-refractivity contribution in [3.63, 3.8) is 0 Å². The third-order valence-corrected chi connectivity index (χ3v) is 6.11. The first-order valence-corrected chi connectivity index (χ1v) is 11.4. The monoisotopic (exact) mass is 491 g/mol. The molecule has 1 aliphatic rings. The Morgan fingerprint density at radius 1 is 1.12 bits per heavy atom. The van der Waals surface area contributed by atoms with E-state index in [1.165, 1.54) is 12.0 Å². The number of Topliss-reactive ketones (excluding diaryl/α,β-unsaturated/α-hetero) is 1. The molecule has 1 amide bonds. The number of likely N-dealkylation sites (tertiary alicyclic amines) is 1. The normalized spacial score (nSPS) is 17.8. The van der Waals surface area contributed by atoms with Crippen molar-refractivity contribution in [3.8, 4) is 5.75 Å². The van der Waals surface area contributed by atoms with Gasteiger partial charge in [0, 0.05) is 19.2 Å². The van der Waals surface area contributed by atoms with E-state index < -0.39 is 17.7 Å². The van der Waals surface area contributed by atoms with E-state index in [2.05, 4.69) is 13.8 Å². The molecule has 0 saturated carbocycles. The molecule has 2 aromatic rings. The van der Waals surface area contributed by atoms with E-state index in [4.69, 9.17) is 32.7 Å². The maximum absolute atomic E-state index is 13.1. The number of ether oxygens (including phenoxy) is 2. The van der Waals surface area contributed by atoms with E-state index in [1.807, 2.05) is 6.92 Å².